The second-order valence-corrected chi connectivity index (χ2v) is 11.6. The summed E-state index contributed by atoms with van der Waals surface area (Å²) in [7, 11) is -3.66. The summed E-state index contributed by atoms with van der Waals surface area (Å²) >= 11 is 1.35. The molecule has 3 aromatic rings. The van der Waals surface area contributed by atoms with Crippen LogP contribution < -0.4 is 4.90 Å². The van der Waals surface area contributed by atoms with Gasteiger partial charge in [-0.3, -0.25) is 4.79 Å². The van der Waals surface area contributed by atoms with E-state index in [9.17, 15) is 13.2 Å². The molecule has 0 unspecified atom stereocenters. The molecule has 1 amide bonds. The molecular formula is C23H26N4O4S2. The van der Waals surface area contributed by atoms with Crippen molar-refractivity contribution in [1.29, 1.82) is 0 Å². The predicted molar refractivity (Wildman–Crippen MR) is 126 cm³/mol. The van der Waals surface area contributed by atoms with Crippen molar-refractivity contribution >= 4 is 33.0 Å². The van der Waals surface area contributed by atoms with Crippen LogP contribution >= 0.6 is 11.3 Å². The van der Waals surface area contributed by atoms with Crippen molar-refractivity contribution in [2.45, 2.75) is 44.4 Å². The Labute approximate surface area is 197 Å². The lowest BCUT2D eigenvalue weighted by Crippen LogP contribution is -2.44. The van der Waals surface area contributed by atoms with Crippen LogP contribution in [0.3, 0.4) is 0 Å². The first kappa shape index (κ1) is 22.2. The highest BCUT2D eigenvalue weighted by Crippen LogP contribution is 2.36. The van der Waals surface area contributed by atoms with E-state index in [0.29, 0.717) is 60.4 Å². The third-order valence-electron chi connectivity index (χ3n) is 6.44. The lowest BCUT2D eigenvalue weighted by molar-refractivity contribution is -0.123. The zero-order chi connectivity index (χ0) is 23.2. The molecule has 0 N–H and O–H groups in total. The van der Waals surface area contributed by atoms with Gasteiger partial charge in [-0.2, -0.15) is 9.29 Å². The number of benzene rings is 1. The van der Waals surface area contributed by atoms with Gasteiger partial charge in [-0.25, -0.2) is 8.42 Å². The Balaban J connectivity index is 1.28. The summed E-state index contributed by atoms with van der Waals surface area (Å²) in [6, 6.07) is 9.64. The van der Waals surface area contributed by atoms with E-state index in [0.717, 1.165) is 12.1 Å². The molecule has 2 aliphatic heterocycles. The number of hydrogen-bond acceptors (Lipinski definition) is 7. The average molecular weight is 487 g/mol. The maximum absolute atomic E-state index is 13.4. The van der Waals surface area contributed by atoms with E-state index in [2.05, 4.69) is 16.2 Å². The van der Waals surface area contributed by atoms with Gasteiger partial charge in [0.1, 0.15) is 0 Å². The van der Waals surface area contributed by atoms with Gasteiger partial charge in [-0.15, -0.1) is 11.3 Å². The second-order valence-electron chi connectivity index (χ2n) is 8.44. The number of nitrogens with zero attached hydrogens (tertiary/aromatic N) is 4. The molecular weight excluding hydrogens is 460 g/mol. The van der Waals surface area contributed by atoms with Crippen LogP contribution in [0.15, 0.2) is 39.8 Å². The highest BCUT2D eigenvalue weighted by Gasteiger charge is 2.36. The van der Waals surface area contributed by atoms with Gasteiger partial charge in [0.05, 0.1) is 9.77 Å². The van der Waals surface area contributed by atoms with Crippen molar-refractivity contribution in [3.63, 3.8) is 0 Å². The number of sulfonamides is 1. The normalized spacial score (nSPS) is 17.5. The minimum atomic E-state index is -3.66. The van der Waals surface area contributed by atoms with Crippen LogP contribution in [0.25, 0.3) is 10.7 Å². The molecule has 1 aromatic carbocycles. The number of fused-ring (bicyclic) bond motifs is 1. The molecule has 10 heteroatoms. The number of hydrogen-bond donors (Lipinski definition) is 0. The van der Waals surface area contributed by atoms with Crippen molar-refractivity contribution in [1.82, 2.24) is 14.4 Å². The molecule has 5 rings (SSSR count). The van der Waals surface area contributed by atoms with Gasteiger partial charge in [0, 0.05) is 42.5 Å². The molecule has 0 spiro atoms. The minimum Gasteiger partial charge on any atom is -0.339 e. The molecule has 0 atom stereocenters. The van der Waals surface area contributed by atoms with Gasteiger partial charge in [0.2, 0.25) is 27.6 Å². The number of aromatic nitrogens is 2. The molecule has 33 heavy (non-hydrogen) atoms. The molecule has 1 saturated heterocycles. The van der Waals surface area contributed by atoms with E-state index in [1.54, 1.807) is 13.0 Å². The second kappa shape index (κ2) is 8.66. The zero-order valence-electron chi connectivity index (χ0n) is 18.7. The number of piperidine rings is 1. The molecule has 0 aliphatic carbocycles. The topological polar surface area (TPSA) is 96.6 Å². The van der Waals surface area contributed by atoms with Crippen LogP contribution in [0.5, 0.6) is 0 Å². The third kappa shape index (κ3) is 4.00. The minimum absolute atomic E-state index is 0.106. The molecule has 174 valence electrons. The monoisotopic (exact) mass is 486 g/mol. The molecule has 4 heterocycles. The molecule has 2 aromatic heterocycles. The van der Waals surface area contributed by atoms with E-state index in [4.69, 9.17) is 4.52 Å². The fraction of sp³-hybridized carbons (Fsp3) is 0.435. The lowest BCUT2D eigenvalue weighted by atomic mass is 9.96. The number of carbonyl (C=O) groups excluding carboxylic acids is 1. The number of para-hydroxylation sites is 1. The Morgan fingerprint density at radius 3 is 2.70 bits per heavy atom. The van der Waals surface area contributed by atoms with Crippen molar-refractivity contribution < 1.29 is 17.7 Å². The molecule has 0 radical (unpaired) electrons. The molecule has 1 fully saturated rings. The summed E-state index contributed by atoms with van der Waals surface area (Å²) in [5.41, 5.74) is 2.19. The van der Waals surface area contributed by atoms with Crippen LogP contribution in [-0.2, 0) is 27.7 Å². The Kier molecular flexibility index (Phi) is 5.84. The number of rotatable bonds is 5. The van der Waals surface area contributed by atoms with Crippen molar-refractivity contribution in [3.05, 3.63) is 46.7 Å². The maximum Gasteiger partial charge on any atom is 0.244 e. The van der Waals surface area contributed by atoms with E-state index >= 15 is 0 Å². The Morgan fingerprint density at radius 2 is 1.97 bits per heavy atom. The fourth-order valence-electron chi connectivity index (χ4n) is 4.60. The Morgan fingerprint density at radius 1 is 1.21 bits per heavy atom. The summed E-state index contributed by atoms with van der Waals surface area (Å²) in [6.07, 6.45) is 2.54. The summed E-state index contributed by atoms with van der Waals surface area (Å²) in [5, 5.41) is 3.96. The highest BCUT2D eigenvalue weighted by atomic mass is 32.2. The van der Waals surface area contributed by atoms with Crippen LogP contribution in [0, 0.1) is 12.8 Å². The van der Waals surface area contributed by atoms with E-state index in [-0.39, 0.29) is 16.7 Å². The fourth-order valence-corrected chi connectivity index (χ4v) is 7.56. The van der Waals surface area contributed by atoms with Gasteiger partial charge in [-0.05, 0) is 43.9 Å². The Hall–Kier alpha value is -2.56. The number of anilines is 1. The summed E-state index contributed by atoms with van der Waals surface area (Å²) < 4.78 is 33.4. The molecule has 0 bridgehead atoms. The highest BCUT2D eigenvalue weighted by molar-refractivity contribution is 7.89. The van der Waals surface area contributed by atoms with E-state index < -0.39 is 10.0 Å². The molecule has 0 saturated carbocycles. The number of aryl methyl sites for hydroxylation is 2. The van der Waals surface area contributed by atoms with E-state index in [1.807, 2.05) is 30.0 Å². The smallest absolute Gasteiger partial charge is 0.244 e. The predicted octanol–water partition coefficient (Wildman–Crippen LogP) is 3.66. The number of amides is 1. The molecule has 2 aliphatic rings. The van der Waals surface area contributed by atoms with Crippen molar-refractivity contribution in [3.8, 4) is 10.7 Å². The first-order valence-electron chi connectivity index (χ1n) is 11.2. The standard InChI is InChI=1S/C23H26N4O4S2/c1-3-21-24-22(25-31-21)19-14-20(15(2)32-19)33(29,30)26-11-8-17(9-12-26)23(28)27-13-10-16-6-4-5-7-18(16)27/h4-7,14,17H,3,8-13H2,1-2H3. The van der Waals surface area contributed by atoms with Crippen molar-refractivity contribution in [2.24, 2.45) is 5.92 Å². The molecule has 8 nitrogen and oxygen atoms in total. The SMILES string of the molecule is CCc1nc(-c2cc(S(=O)(=O)N3CCC(C(=O)N4CCc5ccccc54)CC3)c(C)s2)no1. The zero-order valence-corrected chi connectivity index (χ0v) is 20.3. The van der Waals surface area contributed by atoms with Crippen LogP contribution in [-0.4, -0.2) is 48.4 Å². The van der Waals surface area contributed by atoms with Crippen LogP contribution in [0.2, 0.25) is 0 Å². The first-order chi connectivity index (χ1) is 15.9. The van der Waals surface area contributed by atoms with Gasteiger partial charge in [0.15, 0.2) is 0 Å². The summed E-state index contributed by atoms with van der Waals surface area (Å²) in [6.45, 7) is 5.08. The first-order valence-corrected chi connectivity index (χ1v) is 13.5. The van der Waals surface area contributed by atoms with Gasteiger partial charge < -0.3 is 9.42 Å². The average Bonchev–Trinajstić information content (AvgIpc) is 3.56. The maximum atomic E-state index is 13.4. The number of thiophene rings is 1. The van der Waals surface area contributed by atoms with Crippen molar-refractivity contribution in [2.75, 3.05) is 24.5 Å². The largest absolute Gasteiger partial charge is 0.339 e. The summed E-state index contributed by atoms with van der Waals surface area (Å²) in [4.78, 5) is 21.0. The van der Waals surface area contributed by atoms with Gasteiger partial charge >= 0.3 is 0 Å². The van der Waals surface area contributed by atoms with E-state index in [1.165, 1.54) is 21.2 Å². The number of carbonyl (C=O) groups is 1. The Bertz CT molecular complexity index is 1290. The lowest BCUT2D eigenvalue weighted by Gasteiger charge is -2.32. The van der Waals surface area contributed by atoms with Crippen LogP contribution in [0.4, 0.5) is 5.69 Å². The third-order valence-corrected chi connectivity index (χ3v) is 9.64. The summed E-state index contributed by atoms with van der Waals surface area (Å²) in [5.74, 6) is 0.882. The van der Waals surface area contributed by atoms with Gasteiger partial charge in [-0.1, -0.05) is 30.3 Å². The van der Waals surface area contributed by atoms with Crippen LogP contribution in [0.1, 0.15) is 36.1 Å². The quantitative estimate of drug-likeness (QED) is 0.546. The van der Waals surface area contributed by atoms with Gasteiger partial charge in [0.25, 0.3) is 0 Å².